The summed E-state index contributed by atoms with van der Waals surface area (Å²) < 4.78 is 16.8. The highest BCUT2D eigenvalue weighted by atomic mass is 16.6. The van der Waals surface area contributed by atoms with E-state index in [1.807, 2.05) is 24.3 Å². The third-order valence-corrected chi connectivity index (χ3v) is 11.5. The van der Waals surface area contributed by atoms with Crippen molar-refractivity contribution in [2.24, 2.45) is 0 Å². The van der Waals surface area contributed by atoms with Crippen molar-refractivity contribution in [3.05, 3.63) is 72.9 Å². The third-order valence-electron chi connectivity index (χ3n) is 11.5. The highest BCUT2D eigenvalue weighted by Crippen LogP contribution is 2.15. The number of hydrogen-bond donors (Lipinski definition) is 0. The summed E-state index contributed by atoms with van der Waals surface area (Å²) in [6.07, 6.45) is 65.9. The molecule has 1 atom stereocenters. The van der Waals surface area contributed by atoms with Crippen LogP contribution in [0.2, 0.25) is 0 Å². The Bertz CT molecular complexity index is 1210. The minimum Gasteiger partial charge on any atom is -0.462 e. The Labute approximate surface area is 395 Å². The van der Waals surface area contributed by atoms with Gasteiger partial charge in [-0.25, -0.2) is 0 Å². The summed E-state index contributed by atoms with van der Waals surface area (Å²) in [4.78, 5) is 38.0. The fourth-order valence-electron chi connectivity index (χ4n) is 7.47. The lowest BCUT2D eigenvalue weighted by Crippen LogP contribution is -2.30. The first-order valence-corrected chi connectivity index (χ1v) is 27.0. The summed E-state index contributed by atoms with van der Waals surface area (Å²) in [6, 6.07) is 0. The first-order chi connectivity index (χ1) is 31.5. The van der Waals surface area contributed by atoms with Crippen LogP contribution in [-0.4, -0.2) is 37.2 Å². The van der Waals surface area contributed by atoms with Gasteiger partial charge in [0.15, 0.2) is 6.10 Å². The number of hydrogen-bond acceptors (Lipinski definition) is 6. The van der Waals surface area contributed by atoms with E-state index in [1.54, 1.807) is 0 Å². The Hall–Kier alpha value is -3.15. The Balaban J connectivity index is 4.44. The molecule has 0 saturated heterocycles. The van der Waals surface area contributed by atoms with E-state index in [0.29, 0.717) is 19.3 Å². The molecule has 0 aromatic carbocycles. The van der Waals surface area contributed by atoms with Gasteiger partial charge in [-0.15, -0.1) is 0 Å². The van der Waals surface area contributed by atoms with Crippen molar-refractivity contribution in [3.8, 4) is 0 Å². The van der Waals surface area contributed by atoms with Crippen LogP contribution in [0.5, 0.6) is 0 Å². The van der Waals surface area contributed by atoms with E-state index in [-0.39, 0.29) is 31.1 Å². The molecule has 0 aromatic rings. The van der Waals surface area contributed by atoms with Crippen LogP contribution in [0.1, 0.15) is 258 Å². The summed E-state index contributed by atoms with van der Waals surface area (Å²) in [5.41, 5.74) is 0. The number of carbonyl (C=O) groups excluding carboxylic acids is 3. The van der Waals surface area contributed by atoms with Crippen LogP contribution in [0.25, 0.3) is 0 Å². The van der Waals surface area contributed by atoms with E-state index in [9.17, 15) is 14.4 Å². The Morgan fingerprint density at radius 2 is 0.609 bits per heavy atom. The third kappa shape index (κ3) is 49.9. The van der Waals surface area contributed by atoms with Gasteiger partial charge in [0.25, 0.3) is 0 Å². The van der Waals surface area contributed by atoms with Crippen LogP contribution in [0.4, 0.5) is 0 Å². The van der Waals surface area contributed by atoms with Gasteiger partial charge < -0.3 is 14.2 Å². The predicted octanol–water partition coefficient (Wildman–Crippen LogP) is 17.8. The van der Waals surface area contributed by atoms with Crippen molar-refractivity contribution in [1.82, 2.24) is 0 Å². The first-order valence-electron chi connectivity index (χ1n) is 27.0. The molecule has 64 heavy (non-hydrogen) atoms. The molecule has 0 amide bonds. The number of ether oxygens (including phenoxy) is 3. The summed E-state index contributed by atoms with van der Waals surface area (Å²) in [6.45, 7) is 6.52. The van der Waals surface area contributed by atoms with Crippen molar-refractivity contribution in [2.45, 2.75) is 264 Å². The summed E-state index contributed by atoms with van der Waals surface area (Å²) >= 11 is 0. The maximum atomic E-state index is 12.8. The molecule has 0 heterocycles. The molecule has 0 bridgehead atoms. The zero-order chi connectivity index (χ0) is 46.5. The van der Waals surface area contributed by atoms with Gasteiger partial charge in [0.05, 0.1) is 0 Å². The lowest BCUT2D eigenvalue weighted by atomic mass is 10.0. The van der Waals surface area contributed by atoms with Gasteiger partial charge in [-0.05, 0) is 64.2 Å². The van der Waals surface area contributed by atoms with Gasteiger partial charge in [0.2, 0.25) is 0 Å². The molecule has 0 saturated carbocycles. The molecule has 0 aliphatic carbocycles. The molecule has 0 N–H and O–H groups in total. The Morgan fingerprint density at radius 3 is 1.00 bits per heavy atom. The Kier molecular flexibility index (Phi) is 49.9. The van der Waals surface area contributed by atoms with E-state index < -0.39 is 6.10 Å². The van der Waals surface area contributed by atoms with Crippen molar-refractivity contribution < 1.29 is 28.6 Å². The van der Waals surface area contributed by atoms with Gasteiger partial charge in [0.1, 0.15) is 13.2 Å². The van der Waals surface area contributed by atoms with E-state index in [1.165, 1.54) is 122 Å². The zero-order valence-corrected chi connectivity index (χ0v) is 42.0. The molecule has 0 radical (unpaired) electrons. The fourth-order valence-corrected chi connectivity index (χ4v) is 7.47. The monoisotopic (exact) mass is 893 g/mol. The van der Waals surface area contributed by atoms with Crippen LogP contribution >= 0.6 is 0 Å². The highest BCUT2D eigenvalue weighted by Gasteiger charge is 2.19. The second-order valence-corrected chi connectivity index (χ2v) is 17.9. The molecular formula is C58H100O6. The summed E-state index contributed by atoms with van der Waals surface area (Å²) in [5.74, 6) is -0.924. The molecule has 0 aromatic heterocycles. The van der Waals surface area contributed by atoms with Crippen LogP contribution < -0.4 is 0 Å². The van der Waals surface area contributed by atoms with Crippen LogP contribution in [-0.2, 0) is 28.6 Å². The number of esters is 3. The summed E-state index contributed by atoms with van der Waals surface area (Å²) in [7, 11) is 0. The minimum absolute atomic E-state index is 0.0880. The molecular weight excluding hydrogens is 793 g/mol. The summed E-state index contributed by atoms with van der Waals surface area (Å²) in [5, 5.41) is 0. The maximum Gasteiger partial charge on any atom is 0.306 e. The molecule has 0 aliphatic heterocycles. The van der Waals surface area contributed by atoms with Gasteiger partial charge in [-0.3, -0.25) is 14.4 Å². The average Bonchev–Trinajstić information content (AvgIpc) is 3.29. The maximum absolute atomic E-state index is 12.8. The van der Waals surface area contributed by atoms with Crippen molar-refractivity contribution >= 4 is 17.9 Å². The van der Waals surface area contributed by atoms with Gasteiger partial charge in [0, 0.05) is 19.3 Å². The SMILES string of the molecule is CCC\C=C/C=C\C=C/C=C\C=C/CCCCCCCC(=O)OCC(COC(=O)CCCCCCCCCCCCCCCC)OC(=O)CCCCC/C=C\CCCCCCCCC. The molecule has 0 fully saturated rings. The fraction of sp³-hybridized carbons (Fsp3) is 0.741. The predicted molar refractivity (Wildman–Crippen MR) is 274 cm³/mol. The van der Waals surface area contributed by atoms with E-state index in [0.717, 1.165) is 96.3 Å². The quantitative estimate of drug-likeness (QED) is 0.0199. The zero-order valence-electron chi connectivity index (χ0n) is 42.0. The largest absolute Gasteiger partial charge is 0.462 e. The molecule has 1 unspecified atom stereocenters. The standard InChI is InChI=1S/C58H100O6/c1-4-7-10-13-16-19-22-25-28-29-30-31-34-36-39-42-45-48-51-57(60)63-54-55(64-58(61)52-49-46-43-40-37-33-27-24-21-18-15-12-9-6-3)53-62-56(59)50-47-44-41-38-35-32-26-23-20-17-14-11-8-5-2/h10,13,16,19,22,25,28-31,33,37,55H,4-9,11-12,14-15,17-18,20-21,23-24,26-27,32,34-36,38-54H2,1-3H3/b13-10-,19-16-,25-22-,29-28-,31-30-,37-33-. The topological polar surface area (TPSA) is 78.9 Å². The second-order valence-electron chi connectivity index (χ2n) is 17.9. The van der Waals surface area contributed by atoms with Crippen LogP contribution in [0.15, 0.2) is 72.9 Å². The second kappa shape index (κ2) is 52.5. The number of carbonyl (C=O) groups is 3. The van der Waals surface area contributed by atoms with Crippen LogP contribution in [0.3, 0.4) is 0 Å². The van der Waals surface area contributed by atoms with Gasteiger partial charge >= 0.3 is 17.9 Å². The minimum atomic E-state index is -0.792. The molecule has 0 rings (SSSR count). The van der Waals surface area contributed by atoms with Gasteiger partial charge in [-0.1, -0.05) is 248 Å². The molecule has 0 aliphatic rings. The van der Waals surface area contributed by atoms with Crippen LogP contribution in [0, 0.1) is 0 Å². The first kappa shape index (κ1) is 60.9. The molecule has 368 valence electrons. The number of allylic oxidation sites excluding steroid dienone is 12. The van der Waals surface area contributed by atoms with E-state index in [4.69, 9.17) is 14.2 Å². The molecule has 6 heteroatoms. The Morgan fingerprint density at radius 1 is 0.312 bits per heavy atom. The number of unbranched alkanes of at least 4 members (excludes halogenated alkanes) is 29. The number of rotatable bonds is 48. The normalized spacial score (nSPS) is 12.6. The lowest BCUT2D eigenvalue weighted by molar-refractivity contribution is -0.167. The molecule has 0 spiro atoms. The smallest absolute Gasteiger partial charge is 0.306 e. The van der Waals surface area contributed by atoms with Gasteiger partial charge in [-0.2, -0.15) is 0 Å². The van der Waals surface area contributed by atoms with Crippen molar-refractivity contribution in [3.63, 3.8) is 0 Å². The average molecular weight is 893 g/mol. The highest BCUT2D eigenvalue weighted by molar-refractivity contribution is 5.71. The van der Waals surface area contributed by atoms with Crippen molar-refractivity contribution in [1.29, 1.82) is 0 Å². The van der Waals surface area contributed by atoms with E-state index >= 15 is 0 Å². The van der Waals surface area contributed by atoms with Crippen molar-refractivity contribution in [2.75, 3.05) is 13.2 Å². The lowest BCUT2D eigenvalue weighted by Gasteiger charge is -2.18. The molecule has 6 nitrogen and oxygen atoms in total. The van der Waals surface area contributed by atoms with E-state index in [2.05, 4.69) is 69.4 Å².